The Bertz CT molecular complexity index is 743. The largest absolute Gasteiger partial charge is 0.492 e. The van der Waals surface area contributed by atoms with Crippen molar-refractivity contribution in [3.8, 4) is 5.75 Å². The summed E-state index contributed by atoms with van der Waals surface area (Å²) in [5.74, 6) is 0.120. The number of amides is 2. The molecule has 5 nitrogen and oxygen atoms in total. The summed E-state index contributed by atoms with van der Waals surface area (Å²) in [5.41, 5.74) is 7.58. The number of carbonyl (C=O) groups is 2. The summed E-state index contributed by atoms with van der Waals surface area (Å²) in [4.78, 5) is 23.5. The summed E-state index contributed by atoms with van der Waals surface area (Å²) in [6, 6.07) is 14.7. The van der Waals surface area contributed by atoms with Crippen LogP contribution in [0.2, 0.25) is 0 Å². The molecule has 0 fully saturated rings. The molecule has 23 heavy (non-hydrogen) atoms. The molecule has 1 heterocycles. The molecule has 0 radical (unpaired) electrons. The van der Waals surface area contributed by atoms with Crippen molar-refractivity contribution in [1.29, 1.82) is 0 Å². The van der Waals surface area contributed by atoms with Crippen molar-refractivity contribution in [3.05, 3.63) is 65.2 Å². The lowest BCUT2D eigenvalue weighted by Crippen LogP contribution is -2.37. The fourth-order valence-electron chi connectivity index (χ4n) is 2.66. The number of hydrogen-bond acceptors (Lipinski definition) is 3. The highest BCUT2D eigenvalue weighted by Gasteiger charge is 2.25. The van der Waals surface area contributed by atoms with Gasteiger partial charge in [0.05, 0.1) is 5.92 Å². The Hall–Kier alpha value is -2.82. The smallest absolute Gasteiger partial charge is 0.248 e. The zero-order valence-electron chi connectivity index (χ0n) is 12.6. The van der Waals surface area contributed by atoms with E-state index in [0.717, 1.165) is 16.9 Å². The lowest BCUT2D eigenvalue weighted by atomic mass is 9.96. The minimum atomic E-state index is -0.476. The topological polar surface area (TPSA) is 81.4 Å². The molecule has 3 rings (SSSR count). The summed E-state index contributed by atoms with van der Waals surface area (Å²) in [6.45, 7) is 0.738. The molecule has 0 bridgehead atoms. The van der Waals surface area contributed by atoms with Crippen molar-refractivity contribution < 1.29 is 14.3 Å². The second-order valence-electron chi connectivity index (χ2n) is 5.60. The lowest BCUT2D eigenvalue weighted by molar-refractivity contribution is -0.126. The third-order valence-electron chi connectivity index (χ3n) is 3.93. The van der Waals surface area contributed by atoms with Crippen molar-refractivity contribution in [1.82, 2.24) is 5.32 Å². The third-order valence-corrected chi connectivity index (χ3v) is 3.93. The molecule has 0 aliphatic carbocycles. The maximum Gasteiger partial charge on any atom is 0.248 e. The van der Waals surface area contributed by atoms with Gasteiger partial charge < -0.3 is 15.8 Å². The maximum absolute atomic E-state index is 12.3. The van der Waals surface area contributed by atoms with Gasteiger partial charge in [-0.05, 0) is 35.7 Å². The number of nitrogens with one attached hydrogen (secondary N) is 1. The Labute approximate surface area is 134 Å². The molecule has 1 unspecified atom stereocenters. The van der Waals surface area contributed by atoms with Crippen LogP contribution in [-0.2, 0) is 17.8 Å². The number of nitrogens with two attached hydrogens (primary N) is 1. The Morgan fingerprint density at radius 3 is 2.83 bits per heavy atom. The second-order valence-corrected chi connectivity index (χ2v) is 5.60. The highest BCUT2D eigenvalue weighted by Crippen LogP contribution is 2.26. The molecule has 118 valence electrons. The molecule has 1 aliphatic rings. The Balaban J connectivity index is 1.60. The van der Waals surface area contributed by atoms with E-state index in [1.807, 2.05) is 30.3 Å². The average molecular weight is 310 g/mol. The third kappa shape index (κ3) is 3.51. The molecule has 0 spiro atoms. The van der Waals surface area contributed by atoms with Gasteiger partial charge in [0.15, 0.2) is 0 Å². The molecule has 0 saturated heterocycles. The minimum Gasteiger partial charge on any atom is -0.492 e. The van der Waals surface area contributed by atoms with Crippen LogP contribution in [0.1, 0.15) is 21.5 Å². The van der Waals surface area contributed by atoms with E-state index in [4.69, 9.17) is 10.5 Å². The first-order valence-electron chi connectivity index (χ1n) is 7.50. The Morgan fingerprint density at radius 1 is 1.17 bits per heavy atom. The standard InChI is InChI=1S/C18H18N2O3/c19-17(21)14-6-3-4-12(8-14)10-20-18(22)15-9-13-5-1-2-7-16(13)23-11-15/h1-8,15H,9-11H2,(H2,19,21)(H,20,22). The molecule has 3 N–H and O–H groups in total. The van der Waals surface area contributed by atoms with E-state index < -0.39 is 5.91 Å². The van der Waals surface area contributed by atoms with Crippen LogP contribution in [0.25, 0.3) is 0 Å². The van der Waals surface area contributed by atoms with Crippen LogP contribution >= 0.6 is 0 Å². The Kier molecular flexibility index (Phi) is 4.28. The lowest BCUT2D eigenvalue weighted by Gasteiger charge is -2.24. The van der Waals surface area contributed by atoms with E-state index in [0.29, 0.717) is 25.1 Å². The summed E-state index contributed by atoms with van der Waals surface area (Å²) in [6.07, 6.45) is 0.670. The average Bonchev–Trinajstić information content (AvgIpc) is 2.59. The Morgan fingerprint density at radius 2 is 2.00 bits per heavy atom. The van der Waals surface area contributed by atoms with E-state index >= 15 is 0 Å². The number of fused-ring (bicyclic) bond motifs is 1. The molecule has 2 aromatic rings. The summed E-state index contributed by atoms with van der Waals surface area (Å²) in [7, 11) is 0. The number of para-hydroxylation sites is 1. The fraction of sp³-hybridized carbons (Fsp3) is 0.222. The number of rotatable bonds is 4. The molecule has 0 aromatic heterocycles. The molecule has 1 aliphatic heterocycles. The van der Waals surface area contributed by atoms with Gasteiger partial charge in [-0.15, -0.1) is 0 Å². The fourth-order valence-corrected chi connectivity index (χ4v) is 2.66. The molecule has 2 aromatic carbocycles. The van der Waals surface area contributed by atoms with E-state index in [1.54, 1.807) is 18.2 Å². The molecular formula is C18H18N2O3. The number of benzene rings is 2. The van der Waals surface area contributed by atoms with Crippen molar-refractivity contribution in [3.63, 3.8) is 0 Å². The predicted molar refractivity (Wildman–Crippen MR) is 85.9 cm³/mol. The first kappa shape index (κ1) is 15.1. The monoisotopic (exact) mass is 310 g/mol. The van der Waals surface area contributed by atoms with Gasteiger partial charge >= 0.3 is 0 Å². The first-order valence-corrected chi connectivity index (χ1v) is 7.50. The molecule has 1 atom stereocenters. The van der Waals surface area contributed by atoms with E-state index in [9.17, 15) is 9.59 Å². The van der Waals surface area contributed by atoms with Gasteiger partial charge in [0.1, 0.15) is 12.4 Å². The highest BCUT2D eigenvalue weighted by atomic mass is 16.5. The van der Waals surface area contributed by atoms with Crippen LogP contribution in [0, 0.1) is 5.92 Å². The van der Waals surface area contributed by atoms with Gasteiger partial charge in [0, 0.05) is 12.1 Å². The summed E-state index contributed by atoms with van der Waals surface area (Å²) < 4.78 is 5.64. The van der Waals surface area contributed by atoms with Crippen LogP contribution in [0.3, 0.4) is 0 Å². The van der Waals surface area contributed by atoms with Gasteiger partial charge in [0.25, 0.3) is 0 Å². The van der Waals surface area contributed by atoms with Crippen molar-refractivity contribution in [2.45, 2.75) is 13.0 Å². The number of carbonyl (C=O) groups excluding carboxylic acids is 2. The van der Waals surface area contributed by atoms with Crippen LogP contribution in [0.15, 0.2) is 48.5 Å². The highest BCUT2D eigenvalue weighted by molar-refractivity contribution is 5.92. The predicted octanol–water partition coefficient (Wildman–Crippen LogP) is 1.65. The summed E-state index contributed by atoms with van der Waals surface area (Å²) in [5, 5.41) is 2.89. The van der Waals surface area contributed by atoms with Crippen molar-refractivity contribution >= 4 is 11.8 Å². The van der Waals surface area contributed by atoms with Gasteiger partial charge in [-0.3, -0.25) is 9.59 Å². The number of primary amides is 1. The quantitative estimate of drug-likeness (QED) is 0.901. The normalized spacial score (nSPS) is 16.1. The van der Waals surface area contributed by atoms with Crippen molar-refractivity contribution in [2.24, 2.45) is 11.7 Å². The number of ether oxygens (including phenoxy) is 1. The van der Waals surface area contributed by atoms with Crippen LogP contribution in [0.4, 0.5) is 0 Å². The maximum atomic E-state index is 12.3. The van der Waals surface area contributed by atoms with Gasteiger partial charge in [-0.1, -0.05) is 30.3 Å². The van der Waals surface area contributed by atoms with E-state index in [2.05, 4.69) is 5.32 Å². The van der Waals surface area contributed by atoms with E-state index in [1.165, 1.54) is 0 Å². The van der Waals surface area contributed by atoms with Gasteiger partial charge in [-0.2, -0.15) is 0 Å². The van der Waals surface area contributed by atoms with Crippen LogP contribution in [-0.4, -0.2) is 18.4 Å². The second kappa shape index (κ2) is 6.52. The van der Waals surface area contributed by atoms with E-state index in [-0.39, 0.29) is 11.8 Å². The first-order chi connectivity index (χ1) is 11.1. The molecule has 2 amide bonds. The number of hydrogen-bond donors (Lipinski definition) is 2. The zero-order chi connectivity index (χ0) is 16.2. The van der Waals surface area contributed by atoms with Crippen LogP contribution in [0.5, 0.6) is 5.75 Å². The summed E-state index contributed by atoms with van der Waals surface area (Å²) >= 11 is 0. The molecule has 5 heteroatoms. The minimum absolute atomic E-state index is 0.0519. The zero-order valence-corrected chi connectivity index (χ0v) is 12.6. The van der Waals surface area contributed by atoms with Gasteiger partial charge in [-0.25, -0.2) is 0 Å². The van der Waals surface area contributed by atoms with Gasteiger partial charge in [0.2, 0.25) is 11.8 Å². The van der Waals surface area contributed by atoms with Crippen molar-refractivity contribution in [2.75, 3.05) is 6.61 Å². The van der Waals surface area contributed by atoms with Crippen LogP contribution < -0.4 is 15.8 Å². The molecule has 0 saturated carbocycles. The SMILES string of the molecule is NC(=O)c1cccc(CNC(=O)C2COc3ccccc3C2)c1. The molecular weight excluding hydrogens is 292 g/mol.